The summed E-state index contributed by atoms with van der Waals surface area (Å²) in [4.78, 5) is 0. The smallest absolute Gasteiger partial charge is 0.177 e. The Morgan fingerprint density at radius 1 is 0.315 bits per heavy atom. The lowest BCUT2D eigenvalue weighted by Crippen LogP contribution is -2.12. The minimum absolute atomic E-state index is 0.512. The van der Waals surface area contributed by atoms with Gasteiger partial charge in [-0.15, -0.1) is 0 Å². The third-order valence-corrected chi connectivity index (χ3v) is 15.2. The zero-order valence-corrected chi connectivity index (χ0v) is 43.5. The molecule has 0 aliphatic carbocycles. The minimum Gasteiger partial charge on any atom is -0.304 e. The Labute approximate surface area is 425 Å². The predicted molar refractivity (Wildman–Crippen MR) is 298 cm³/mol. The fourth-order valence-electron chi connectivity index (χ4n) is 12.8. The lowest BCUT2D eigenvalue weighted by molar-refractivity contribution is 0.526. The first-order chi connectivity index (χ1) is 34.8. The van der Waals surface area contributed by atoms with Gasteiger partial charge < -0.3 is 9.13 Å². The molecule has 0 bridgehead atoms. The number of benzene rings is 9. The molecule has 0 aliphatic rings. The number of hydrogen-bond donors (Lipinski definition) is 0. The second-order valence-electron chi connectivity index (χ2n) is 20.8. The zero-order chi connectivity index (χ0) is 51.6. The molecule has 0 spiro atoms. The number of nitrogens with zero attached hydrogens (tertiary/aromatic N) is 3. The van der Waals surface area contributed by atoms with E-state index in [0.717, 1.165) is 133 Å². The van der Waals surface area contributed by atoms with Crippen molar-refractivity contribution in [3.63, 3.8) is 0 Å². The molecule has 2 heterocycles. The number of halogens is 3. The summed E-state index contributed by atoms with van der Waals surface area (Å²) in [6.45, 7) is 25.0. The first kappa shape index (κ1) is 47.2. The Bertz CT molecular complexity index is 3910. The van der Waals surface area contributed by atoms with Gasteiger partial charge in [0.1, 0.15) is 23.0 Å². The SMILES string of the molecule is Cc1cc(C)c(-c2ccc3c(c2)c2ccc(-c4c(C)cc(C)cc4C)cc2n3-c2c(F)c(C#N)c(F)c(-n3c4ccc(-c5c(C)cc(C)cc5C)cc4c4ccc(-c5c(C)cc(C)cc5C)cc43)c2F)c(C)c1. The van der Waals surface area contributed by atoms with Gasteiger partial charge in [-0.25, -0.2) is 13.2 Å². The van der Waals surface area contributed by atoms with Crippen LogP contribution in [0.3, 0.4) is 0 Å². The number of rotatable bonds is 6. The fraction of sp³-hybridized carbons (Fsp3) is 0.179. The van der Waals surface area contributed by atoms with Gasteiger partial charge >= 0.3 is 0 Å². The Morgan fingerprint density at radius 2 is 0.589 bits per heavy atom. The van der Waals surface area contributed by atoms with Gasteiger partial charge in [0.25, 0.3) is 0 Å². The average Bonchev–Trinajstić information content (AvgIpc) is 3.80. The first-order valence-corrected chi connectivity index (χ1v) is 25.0. The van der Waals surface area contributed by atoms with Crippen LogP contribution in [0, 0.1) is 112 Å². The number of aryl methyl sites for hydroxylation is 12. The molecule has 0 unspecified atom stereocenters. The number of fused-ring (bicyclic) bond motifs is 6. The summed E-state index contributed by atoms with van der Waals surface area (Å²) in [6.07, 6.45) is 0. The summed E-state index contributed by atoms with van der Waals surface area (Å²) in [5.74, 6) is -3.68. The van der Waals surface area contributed by atoms with Gasteiger partial charge in [-0.1, -0.05) is 107 Å². The van der Waals surface area contributed by atoms with Crippen LogP contribution in [0.5, 0.6) is 0 Å². The van der Waals surface area contributed by atoms with Gasteiger partial charge in [-0.3, -0.25) is 0 Å². The summed E-state index contributed by atoms with van der Waals surface area (Å²) in [5.41, 5.74) is 21.3. The van der Waals surface area contributed by atoms with Gasteiger partial charge in [0.15, 0.2) is 17.5 Å². The van der Waals surface area contributed by atoms with Gasteiger partial charge in [-0.2, -0.15) is 5.26 Å². The molecule has 3 nitrogen and oxygen atoms in total. The highest BCUT2D eigenvalue weighted by Gasteiger charge is 2.32. The third kappa shape index (κ3) is 7.39. The van der Waals surface area contributed by atoms with Crippen molar-refractivity contribution < 1.29 is 13.2 Å². The van der Waals surface area contributed by atoms with Gasteiger partial charge in [0.2, 0.25) is 0 Å². The molecule has 0 aliphatic heterocycles. The van der Waals surface area contributed by atoms with Crippen LogP contribution >= 0.6 is 0 Å². The van der Waals surface area contributed by atoms with Crippen LogP contribution in [0.15, 0.2) is 121 Å². The topological polar surface area (TPSA) is 33.6 Å². The Balaban J connectivity index is 1.26. The molecule has 73 heavy (non-hydrogen) atoms. The average molecular weight is 960 g/mol. The molecule has 0 saturated carbocycles. The van der Waals surface area contributed by atoms with E-state index in [1.54, 1.807) is 9.13 Å². The number of aromatic nitrogens is 2. The minimum atomic E-state index is -1.28. The number of nitriles is 1. The largest absolute Gasteiger partial charge is 0.304 e. The van der Waals surface area contributed by atoms with Crippen LogP contribution in [0.4, 0.5) is 13.2 Å². The molecule has 2 aromatic heterocycles. The Hall–Kier alpha value is -8.14. The molecule has 0 saturated heterocycles. The maximum atomic E-state index is 18.9. The number of hydrogen-bond acceptors (Lipinski definition) is 1. The van der Waals surface area contributed by atoms with Gasteiger partial charge in [-0.05, 0) is 208 Å². The van der Waals surface area contributed by atoms with Crippen molar-refractivity contribution in [2.45, 2.75) is 83.1 Å². The molecule has 0 amide bonds. The highest BCUT2D eigenvalue weighted by Crippen LogP contribution is 2.45. The molecule has 0 radical (unpaired) electrons. The summed E-state index contributed by atoms with van der Waals surface area (Å²) in [5, 5.41) is 13.9. The normalized spacial score (nSPS) is 11.8. The van der Waals surface area contributed by atoms with E-state index in [2.05, 4.69) is 156 Å². The molecular weight excluding hydrogens is 904 g/mol. The van der Waals surface area contributed by atoms with Crippen molar-refractivity contribution in [2.24, 2.45) is 0 Å². The molecule has 0 N–H and O–H groups in total. The van der Waals surface area contributed by atoms with Crippen LogP contribution in [0.25, 0.3) is 99.5 Å². The molecule has 0 atom stereocenters. The van der Waals surface area contributed by atoms with Crippen LogP contribution < -0.4 is 0 Å². The summed E-state index contributed by atoms with van der Waals surface area (Å²) < 4.78 is 57.6. The Kier molecular flexibility index (Phi) is 11.2. The highest BCUT2D eigenvalue weighted by molar-refractivity contribution is 6.13. The molecule has 11 rings (SSSR count). The molecule has 6 heteroatoms. The summed E-state index contributed by atoms with van der Waals surface area (Å²) in [7, 11) is 0. The van der Waals surface area contributed by atoms with Crippen LogP contribution in [0.1, 0.15) is 72.3 Å². The van der Waals surface area contributed by atoms with Crippen molar-refractivity contribution in [1.82, 2.24) is 9.13 Å². The van der Waals surface area contributed by atoms with Crippen molar-refractivity contribution >= 4 is 43.6 Å². The maximum Gasteiger partial charge on any atom is 0.177 e. The zero-order valence-electron chi connectivity index (χ0n) is 43.5. The Morgan fingerprint density at radius 3 is 0.877 bits per heavy atom. The van der Waals surface area contributed by atoms with Gasteiger partial charge in [0, 0.05) is 21.5 Å². The maximum absolute atomic E-state index is 18.9. The fourth-order valence-corrected chi connectivity index (χ4v) is 12.8. The van der Waals surface area contributed by atoms with E-state index in [9.17, 15) is 5.26 Å². The second kappa shape index (κ2) is 17.3. The molecular formula is C67H56F3N3. The van der Waals surface area contributed by atoms with Crippen molar-refractivity contribution in [1.29, 1.82) is 5.26 Å². The van der Waals surface area contributed by atoms with Crippen molar-refractivity contribution in [2.75, 3.05) is 0 Å². The lowest BCUT2D eigenvalue weighted by atomic mass is 9.92. The van der Waals surface area contributed by atoms with E-state index in [-0.39, 0.29) is 0 Å². The van der Waals surface area contributed by atoms with E-state index in [4.69, 9.17) is 0 Å². The van der Waals surface area contributed by atoms with Gasteiger partial charge in [0.05, 0.1) is 22.1 Å². The summed E-state index contributed by atoms with van der Waals surface area (Å²) >= 11 is 0. The summed E-state index contributed by atoms with van der Waals surface area (Å²) in [6, 6.07) is 43.1. The van der Waals surface area contributed by atoms with Crippen LogP contribution in [-0.4, -0.2) is 9.13 Å². The van der Waals surface area contributed by atoms with E-state index in [1.165, 1.54) is 0 Å². The highest BCUT2D eigenvalue weighted by atomic mass is 19.1. The van der Waals surface area contributed by atoms with E-state index in [0.29, 0.717) is 22.1 Å². The molecule has 9 aromatic carbocycles. The van der Waals surface area contributed by atoms with Crippen LogP contribution in [0.2, 0.25) is 0 Å². The standard InChI is InChI=1S/C67H56F3N3/c1-34-21-38(5)59(39(6)22-34)46-15-19-55-52(29-46)50-17-13-48(61-42(9)25-36(3)26-43(61)10)31-57(50)72(55)66-63(68)54(33-71)64(69)67(65(66)70)73-56-20-16-47(60-40(7)23-35(2)24-41(60)8)30-53(56)51-18-14-49(32-58(51)73)62-44(11)27-37(4)28-45(62)12/h13-32H,1-12H3. The molecule has 11 aromatic rings. The van der Waals surface area contributed by atoms with Crippen molar-refractivity contribution in [3.8, 4) is 62.0 Å². The lowest BCUT2D eigenvalue weighted by Gasteiger charge is -2.19. The predicted octanol–water partition coefficient (Wildman–Crippen LogP) is 18.5. The first-order valence-electron chi connectivity index (χ1n) is 25.0. The molecule has 360 valence electrons. The third-order valence-electron chi connectivity index (χ3n) is 15.2. The molecule has 0 fully saturated rings. The van der Waals surface area contributed by atoms with E-state index >= 15 is 13.2 Å². The monoisotopic (exact) mass is 959 g/mol. The van der Waals surface area contributed by atoms with E-state index in [1.807, 2.05) is 54.6 Å². The van der Waals surface area contributed by atoms with Crippen LogP contribution in [-0.2, 0) is 0 Å². The van der Waals surface area contributed by atoms with E-state index < -0.39 is 34.4 Å². The quantitative estimate of drug-likeness (QED) is 0.163. The second-order valence-corrected chi connectivity index (χ2v) is 20.8. The van der Waals surface area contributed by atoms with Crippen molar-refractivity contribution in [3.05, 3.63) is 211 Å².